The lowest BCUT2D eigenvalue weighted by Gasteiger charge is -2.23. The summed E-state index contributed by atoms with van der Waals surface area (Å²) >= 11 is 0. The molecule has 0 amide bonds. The molecule has 1 fully saturated rings. The Morgan fingerprint density at radius 1 is 1.12 bits per heavy atom. The smallest absolute Gasteiger partial charge is 0.112 e. The molecule has 0 aliphatic heterocycles. The molecular weight excluding hydrogens is 298 g/mol. The van der Waals surface area contributed by atoms with Crippen LogP contribution in [-0.4, -0.2) is 28.3 Å². The summed E-state index contributed by atoms with van der Waals surface area (Å²) in [7, 11) is 1.76. The fourth-order valence-electron chi connectivity index (χ4n) is 4.02. The van der Waals surface area contributed by atoms with E-state index in [0.29, 0.717) is 6.61 Å². The van der Waals surface area contributed by atoms with Gasteiger partial charge < -0.3 is 9.30 Å². The third kappa shape index (κ3) is 2.91. The van der Waals surface area contributed by atoms with Gasteiger partial charge in [0.1, 0.15) is 11.3 Å². The van der Waals surface area contributed by atoms with E-state index in [1.807, 2.05) is 6.20 Å². The van der Waals surface area contributed by atoms with E-state index in [0.717, 1.165) is 35.7 Å². The van der Waals surface area contributed by atoms with E-state index in [1.54, 1.807) is 7.11 Å². The van der Waals surface area contributed by atoms with Crippen molar-refractivity contribution < 1.29 is 4.74 Å². The lowest BCUT2D eigenvalue weighted by molar-refractivity contribution is 0.199. The fourth-order valence-corrected chi connectivity index (χ4v) is 4.02. The van der Waals surface area contributed by atoms with Crippen molar-refractivity contribution in [2.24, 2.45) is 5.92 Å². The molecule has 0 saturated heterocycles. The molecule has 0 atom stereocenters. The molecule has 0 radical (unpaired) electrons. The first-order valence-corrected chi connectivity index (χ1v) is 9.08. The number of pyridine rings is 1. The Kier molecular flexibility index (Phi) is 4.48. The minimum atomic E-state index is 0.708. The fraction of sp³-hybridized carbons (Fsp3) is 0.500. The van der Waals surface area contributed by atoms with Crippen molar-refractivity contribution in [2.45, 2.75) is 45.1 Å². The van der Waals surface area contributed by atoms with Gasteiger partial charge in [-0.05, 0) is 24.8 Å². The number of hydrogen-bond donors (Lipinski definition) is 0. The number of aromatic nitrogens is 3. The van der Waals surface area contributed by atoms with Gasteiger partial charge in [0.15, 0.2) is 0 Å². The zero-order valence-corrected chi connectivity index (χ0v) is 14.4. The van der Waals surface area contributed by atoms with Crippen LogP contribution in [0, 0.1) is 5.92 Å². The molecule has 2 aromatic heterocycles. The summed E-state index contributed by atoms with van der Waals surface area (Å²) in [5, 5.41) is 1.21. The Labute approximate surface area is 142 Å². The van der Waals surface area contributed by atoms with Crippen molar-refractivity contribution in [3.8, 4) is 0 Å². The molecule has 1 aromatic carbocycles. The molecule has 4 heteroatoms. The number of para-hydroxylation sites is 1. The van der Waals surface area contributed by atoms with Crippen LogP contribution in [-0.2, 0) is 17.7 Å². The van der Waals surface area contributed by atoms with Gasteiger partial charge in [-0.1, -0.05) is 37.5 Å². The van der Waals surface area contributed by atoms with Gasteiger partial charge >= 0.3 is 0 Å². The first-order chi connectivity index (χ1) is 11.9. The van der Waals surface area contributed by atoms with Gasteiger partial charge in [0.25, 0.3) is 0 Å². The van der Waals surface area contributed by atoms with Gasteiger partial charge in [0, 0.05) is 25.5 Å². The molecule has 24 heavy (non-hydrogen) atoms. The molecule has 126 valence electrons. The molecule has 0 unspecified atom stereocenters. The average Bonchev–Trinajstić information content (AvgIpc) is 2.99. The number of ether oxygens (including phenoxy) is 1. The zero-order chi connectivity index (χ0) is 16.4. The van der Waals surface area contributed by atoms with Gasteiger partial charge in [-0.25, -0.2) is 4.98 Å². The molecule has 1 aliphatic rings. The Bertz CT molecular complexity index is 833. The molecule has 0 spiro atoms. The maximum Gasteiger partial charge on any atom is 0.112 e. The molecule has 4 rings (SSSR count). The summed E-state index contributed by atoms with van der Waals surface area (Å²) in [4.78, 5) is 9.47. The first-order valence-electron chi connectivity index (χ1n) is 9.08. The van der Waals surface area contributed by atoms with Crippen LogP contribution in [0.2, 0.25) is 0 Å². The van der Waals surface area contributed by atoms with Crippen molar-refractivity contribution in [3.05, 3.63) is 36.3 Å². The summed E-state index contributed by atoms with van der Waals surface area (Å²) in [5.41, 5.74) is 3.31. The molecular formula is C20H25N3O. The highest BCUT2D eigenvalue weighted by Crippen LogP contribution is 2.30. The van der Waals surface area contributed by atoms with Crippen LogP contribution in [0.1, 0.15) is 37.9 Å². The molecule has 1 aliphatic carbocycles. The van der Waals surface area contributed by atoms with Crippen LogP contribution in [0.4, 0.5) is 0 Å². The number of methoxy groups -OCH3 is 1. The van der Waals surface area contributed by atoms with E-state index in [-0.39, 0.29) is 0 Å². The summed E-state index contributed by atoms with van der Waals surface area (Å²) in [6, 6.07) is 8.40. The summed E-state index contributed by atoms with van der Waals surface area (Å²) in [6.07, 6.45) is 9.58. The van der Waals surface area contributed by atoms with E-state index in [1.165, 1.54) is 43.0 Å². The standard InChI is InChI=1S/C20H25N3O/c1-24-12-11-19-22-18-13-21-17-10-6-5-9-16(17)20(18)23(19)14-15-7-3-2-4-8-15/h5-6,9-10,13,15H,2-4,7-8,11-12,14H2,1H3. The highest BCUT2D eigenvalue weighted by molar-refractivity contribution is 6.02. The largest absolute Gasteiger partial charge is 0.384 e. The normalized spacial score (nSPS) is 16.2. The summed E-state index contributed by atoms with van der Waals surface area (Å²) in [6.45, 7) is 1.78. The lowest BCUT2D eigenvalue weighted by Crippen LogP contribution is -2.16. The minimum Gasteiger partial charge on any atom is -0.384 e. The number of rotatable bonds is 5. The molecule has 4 nitrogen and oxygen atoms in total. The van der Waals surface area contributed by atoms with E-state index < -0.39 is 0 Å². The van der Waals surface area contributed by atoms with Crippen LogP contribution in [0.5, 0.6) is 0 Å². The third-order valence-electron chi connectivity index (χ3n) is 5.25. The molecule has 0 N–H and O–H groups in total. The van der Waals surface area contributed by atoms with E-state index >= 15 is 0 Å². The number of benzene rings is 1. The molecule has 1 saturated carbocycles. The predicted octanol–water partition coefficient (Wildman–Crippen LogP) is 4.35. The Hall–Kier alpha value is -1.94. The second-order valence-electron chi connectivity index (χ2n) is 6.89. The van der Waals surface area contributed by atoms with Crippen molar-refractivity contribution in [2.75, 3.05) is 13.7 Å². The number of nitrogens with zero attached hydrogens (tertiary/aromatic N) is 3. The summed E-state index contributed by atoms with van der Waals surface area (Å²) < 4.78 is 7.76. The van der Waals surface area contributed by atoms with Gasteiger partial charge in [-0.15, -0.1) is 0 Å². The van der Waals surface area contributed by atoms with Crippen LogP contribution in [0.15, 0.2) is 30.5 Å². The monoisotopic (exact) mass is 323 g/mol. The Morgan fingerprint density at radius 3 is 2.79 bits per heavy atom. The van der Waals surface area contributed by atoms with Gasteiger partial charge in [-0.2, -0.15) is 0 Å². The average molecular weight is 323 g/mol. The minimum absolute atomic E-state index is 0.708. The second-order valence-corrected chi connectivity index (χ2v) is 6.89. The quantitative estimate of drug-likeness (QED) is 0.700. The lowest BCUT2D eigenvalue weighted by atomic mass is 9.89. The van der Waals surface area contributed by atoms with Crippen molar-refractivity contribution in [1.82, 2.24) is 14.5 Å². The van der Waals surface area contributed by atoms with Gasteiger partial charge in [0.2, 0.25) is 0 Å². The number of hydrogen-bond acceptors (Lipinski definition) is 3. The van der Waals surface area contributed by atoms with Gasteiger partial charge in [0.05, 0.1) is 23.8 Å². The highest BCUT2D eigenvalue weighted by atomic mass is 16.5. The van der Waals surface area contributed by atoms with E-state index in [9.17, 15) is 0 Å². The molecule has 3 aromatic rings. The van der Waals surface area contributed by atoms with Crippen molar-refractivity contribution in [3.63, 3.8) is 0 Å². The van der Waals surface area contributed by atoms with Gasteiger partial charge in [-0.3, -0.25) is 4.98 Å². The Balaban J connectivity index is 1.83. The molecule has 0 bridgehead atoms. The number of fused-ring (bicyclic) bond motifs is 3. The van der Waals surface area contributed by atoms with Crippen molar-refractivity contribution in [1.29, 1.82) is 0 Å². The molecule has 2 heterocycles. The first kappa shape index (κ1) is 15.6. The summed E-state index contributed by atoms with van der Waals surface area (Å²) in [5.74, 6) is 1.90. The highest BCUT2D eigenvalue weighted by Gasteiger charge is 2.19. The van der Waals surface area contributed by atoms with Crippen LogP contribution in [0.3, 0.4) is 0 Å². The maximum absolute atomic E-state index is 5.31. The van der Waals surface area contributed by atoms with Crippen LogP contribution < -0.4 is 0 Å². The third-order valence-corrected chi connectivity index (χ3v) is 5.25. The number of imidazole rings is 1. The van der Waals surface area contributed by atoms with Crippen molar-refractivity contribution >= 4 is 21.9 Å². The maximum atomic E-state index is 5.31. The second kappa shape index (κ2) is 6.89. The predicted molar refractivity (Wildman–Crippen MR) is 97.2 cm³/mol. The van der Waals surface area contributed by atoms with Crippen LogP contribution >= 0.6 is 0 Å². The SMILES string of the molecule is COCCc1nc2cnc3ccccc3c2n1CC1CCCCC1. The Morgan fingerprint density at radius 2 is 1.96 bits per heavy atom. The topological polar surface area (TPSA) is 39.9 Å². The van der Waals surface area contributed by atoms with E-state index in [2.05, 4.69) is 33.8 Å². The van der Waals surface area contributed by atoms with E-state index in [4.69, 9.17) is 9.72 Å². The van der Waals surface area contributed by atoms with Crippen LogP contribution in [0.25, 0.3) is 21.9 Å². The zero-order valence-electron chi connectivity index (χ0n) is 14.4.